The Labute approximate surface area is 113 Å². The lowest BCUT2D eigenvalue weighted by Gasteiger charge is -2.34. The molecule has 0 radical (unpaired) electrons. The Morgan fingerprint density at radius 2 is 2.44 bits per heavy atom. The number of rotatable bonds is 3. The Morgan fingerprint density at radius 1 is 1.67 bits per heavy atom. The molecule has 7 heteroatoms. The number of ether oxygens (including phenoxy) is 1. The second kappa shape index (κ2) is 6.63. The molecule has 0 aromatic carbocycles. The van der Waals surface area contributed by atoms with Crippen molar-refractivity contribution in [2.45, 2.75) is 6.04 Å². The fourth-order valence-electron chi connectivity index (χ4n) is 2.01. The van der Waals surface area contributed by atoms with Crippen molar-refractivity contribution in [2.75, 3.05) is 44.0 Å². The minimum Gasteiger partial charge on any atom is -0.494 e. The van der Waals surface area contributed by atoms with E-state index in [1.165, 1.54) is 0 Å². The summed E-state index contributed by atoms with van der Waals surface area (Å²) in [5.41, 5.74) is 6.54. The van der Waals surface area contributed by atoms with Gasteiger partial charge in [0.1, 0.15) is 11.6 Å². The van der Waals surface area contributed by atoms with Crippen LogP contribution in [0.5, 0.6) is 5.75 Å². The molecule has 0 saturated carbocycles. The first-order valence-corrected chi connectivity index (χ1v) is 5.63. The highest BCUT2D eigenvalue weighted by Gasteiger charge is 2.21. The lowest BCUT2D eigenvalue weighted by molar-refractivity contribution is 0.235. The topological polar surface area (TPSA) is 83.6 Å². The van der Waals surface area contributed by atoms with E-state index in [9.17, 15) is 5.11 Å². The van der Waals surface area contributed by atoms with Gasteiger partial charge in [0.05, 0.1) is 25.6 Å². The minimum atomic E-state index is 0. The van der Waals surface area contributed by atoms with Crippen molar-refractivity contribution in [3.8, 4) is 5.75 Å². The van der Waals surface area contributed by atoms with Gasteiger partial charge in [-0.2, -0.15) is 0 Å². The van der Waals surface area contributed by atoms with E-state index in [1.54, 1.807) is 19.4 Å². The SMILES string of the molecule is COc1cc(N)ncc1N1CCN[C@@H](CO)C1.Cl. The predicted octanol–water partition coefficient (Wildman–Crippen LogP) is -0.135. The van der Waals surface area contributed by atoms with Gasteiger partial charge in [-0.05, 0) is 0 Å². The van der Waals surface area contributed by atoms with Crippen LogP contribution in [0.15, 0.2) is 12.3 Å². The van der Waals surface area contributed by atoms with Gasteiger partial charge in [-0.15, -0.1) is 12.4 Å². The monoisotopic (exact) mass is 274 g/mol. The molecule has 2 heterocycles. The molecule has 1 atom stereocenters. The number of methoxy groups -OCH3 is 1. The number of nitrogens with one attached hydrogen (secondary N) is 1. The summed E-state index contributed by atoms with van der Waals surface area (Å²) in [6, 6.07) is 1.80. The third kappa shape index (κ3) is 3.16. The highest BCUT2D eigenvalue weighted by Crippen LogP contribution is 2.29. The van der Waals surface area contributed by atoms with Gasteiger partial charge in [0.15, 0.2) is 0 Å². The maximum Gasteiger partial charge on any atom is 0.147 e. The van der Waals surface area contributed by atoms with E-state index >= 15 is 0 Å². The van der Waals surface area contributed by atoms with E-state index in [1.807, 2.05) is 0 Å². The van der Waals surface area contributed by atoms with Crippen molar-refractivity contribution in [1.82, 2.24) is 10.3 Å². The number of nitrogen functional groups attached to an aromatic ring is 1. The smallest absolute Gasteiger partial charge is 0.147 e. The maximum atomic E-state index is 9.17. The predicted molar refractivity (Wildman–Crippen MR) is 73.5 cm³/mol. The Morgan fingerprint density at radius 3 is 3.11 bits per heavy atom. The molecule has 0 unspecified atom stereocenters. The van der Waals surface area contributed by atoms with Gasteiger partial charge >= 0.3 is 0 Å². The van der Waals surface area contributed by atoms with Gasteiger partial charge in [-0.1, -0.05) is 0 Å². The third-order valence-corrected chi connectivity index (χ3v) is 2.90. The molecule has 0 spiro atoms. The van der Waals surface area contributed by atoms with E-state index in [4.69, 9.17) is 10.5 Å². The second-order valence-corrected chi connectivity index (χ2v) is 4.06. The van der Waals surface area contributed by atoms with Crippen molar-refractivity contribution in [1.29, 1.82) is 0 Å². The zero-order chi connectivity index (χ0) is 12.3. The first-order valence-electron chi connectivity index (χ1n) is 5.63. The number of halogens is 1. The number of hydrogen-bond acceptors (Lipinski definition) is 6. The largest absolute Gasteiger partial charge is 0.494 e. The number of anilines is 2. The molecule has 4 N–H and O–H groups in total. The van der Waals surface area contributed by atoms with Gasteiger partial charge in [-0.25, -0.2) is 4.98 Å². The number of aromatic nitrogens is 1. The van der Waals surface area contributed by atoms with Crippen molar-refractivity contribution in [3.05, 3.63) is 12.3 Å². The molecule has 102 valence electrons. The summed E-state index contributed by atoms with van der Waals surface area (Å²) in [6.45, 7) is 2.55. The lowest BCUT2D eigenvalue weighted by Crippen LogP contribution is -2.52. The van der Waals surface area contributed by atoms with Crippen LogP contribution in [-0.4, -0.2) is 49.5 Å². The van der Waals surface area contributed by atoms with Crippen LogP contribution in [0.1, 0.15) is 0 Å². The number of piperazine rings is 1. The van der Waals surface area contributed by atoms with Crippen molar-refractivity contribution in [2.24, 2.45) is 0 Å². The van der Waals surface area contributed by atoms with Gasteiger partial charge in [0.25, 0.3) is 0 Å². The Bertz CT molecular complexity index is 391. The summed E-state index contributed by atoms with van der Waals surface area (Å²) in [6.07, 6.45) is 1.72. The van der Waals surface area contributed by atoms with Crippen molar-refractivity contribution >= 4 is 23.9 Å². The molecule has 1 aromatic rings. The van der Waals surface area contributed by atoms with E-state index in [0.29, 0.717) is 5.82 Å². The molecule has 1 saturated heterocycles. The summed E-state index contributed by atoms with van der Waals surface area (Å²) in [4.78, 5) is 6.23. The van der Waals surface area contributed by atoms with Crippen LogP contribution in [0.2, 0.25) is 0 Å². The molecule has 2 rings (SSSR count). The first-order chi connectivity index (χ1) is 8.24. The molecule has 1 fully saturated rings. The standard InChI is InChI=1S/C11H18N4O2.ClH/c1-17-10-4-11(12)14-5-9(10)15-3-2-13-8(6-15)7-16;/h4-5,8,13,16H,2-3,6-7H2,1H3,(H2,12,14);1H/t8-;/m1./s1. The normalized spacial score (nSPS) is 19.2. The van der Waals surface area contributed by atoms with Crippen LogP contribution in [-0.2, 0) is 0 Å². The number of aliphatic hydroxyl groups is 1. The van der Waals surface area contributed by atoms with Crippen LogP contribution < -0.4 is 20.7 Å². The molecular formula is C11H19ClN4O2. The van der Waals surface area contributed by atoms with Crippen LogP contribution in [0, 0.1) is 0 Å². The molecule has 1 aromatic heterocycles. The number of aliphatic hydroxyl groups excluding tert-OH is 1. The fraction of sp³-hybridized carbons (Fsp3) is 0.545. The highest BCUT2D eigenvalue weighted by molar-refractivity contribution is 5.85. The van der Waals surface area contributed by atoms with Crippen LogP contribution in [0.25, 0.3) is 0 Å². The van der Waals surface area contributed by atoms with Crippen molar-refractivity contribution < 1.29 is 9.84 Å². The average molecular weight is 275 g/mol. The van der Waals surface area contributed by atoms with Crippen molar-refractivity contribution in [3.63, 3.8) is 0 Å². The molecule has 1 aliphatic rings. The molecule has 0 amide bonds. The van der Waals surface area contributed by atoms with E-state index in [-0.39, 0.29) is 25.1 Å². The second-order valence-electron chi connectivity index (χ2n) is 4.06. The summed E-state index contributed by atoms with van der Waals surface area (Å²) < 4.78 is 5.30. The Balaban J connectivity index is 0.00000162. The number of nitrogens with zero attached hydrogens (tertiary/aromatic N) is 2. The zero-order valence-corrected chi connectivity index (χ0v) is 11.1. The van der Waals surface area contributed by atoms with Crippen LogP contribution >= 0.6 is 12.4 Å². The minimum absolute atomic E-state index is 0. The maximum absolute atomic E-state index is 9.17. The molecule has 6 nitrogen and oxygen atoms in total. The zero-order valence-electron chi connectivity index (χ0n) is 10.3. The molecule has 0 bridgehead atoms. The Kier molecular flexibility index (Phi) is 5.46. The van der Waals surface area contributed by atoms with Gasteiger partial charge in [-0.3, -0.25) is 0 Å². The molecule has 0 aliphatic carbocycles. The molecule has 1 aliphatic heterocycles. The first kappa shape index (κ1) is 14.8. The summed E-state index contributed by atoms with van der Waals surface area (Å²) in [5.74, 6) is 1.16. The van der Waals surface area contributed by atoms with Gasteiger partial charge in [0, 0.05) is 31.7 Å². The highest BCUT2D eigenvalue weighted by atomic mass is 35.5. The average Bonchev–Trinajstić information content (AvgIpc) is 2.38. The number of hydrogen-bond donors (Lipinski definition) is 3. The van der Waals surface area contributed by atoms with Crippen LogP contribution in [0.3, 0.4) is 0 Å². The van der Waals surface area contributed by atoms with Gasteiger partial charge in [0.2, 0.25) is 0 Å². The lowest BCUT2D eigenvalue weighted by atomic mass is 10.2. The number of nitrogens with two attached hydrogens (primary N) is 1. The summed E-state index contributed by atoms with van der Waals surface area (Å²) >= 11 is 0. The van der Waals surface area contributed by atoms with Gasteiger partial charge < -0.3 is 25.8 Å². The van der Waals surface area contributed by atoms with Crippen LogP contribution in [0.4, 0.5) is 11.5 Å². The Hall–Kier alpha value is -1.24. The quantitative estimate of drug-likeness (QED) is 0.712. The summed E-state index contributed by atoms with van der Waals surface area (Å²) in [5, 5.41) is 12.4. The van der Waals surface area contributed by atoms with E-state index < -0.39 is 0 Å². The summed E-state index contributed by atoms with van der Waals surface area (Å²) in [7, 11) is 1.62. The molecule has 18 heavy (non-hydrogen) atoms. The number of pyridine rings is 1. The van der Waals surface area contributed by atoms with E-state index in [2.05, 4.69) is 15.2 Å². The van der Waals surface area contributed by atoms with E-state index in [0.717, 1.165) is 31.1 Å². The molecular weight excluding hydrogens is 256 g/mol. The third-order valence-electron chi connectivity index (χ3n) is 2.90. The fourth-order valence-corrected chi connectivity index (χ4v) is 2.01.